The second kappa shape index (κ2) is 10.7. The predicted octanol–water partition coefficient (Wildman–Crippen LogP) is 0.578. The molecule has 2 aliphatic heterocycles. The quantitative estimate of drug-likeness (QED) is 0.374. The molecule has 0 aromatic carbocycles. The van der Waals surface area contributed by atoms with Gasteiger partial charge in [0.2, 0.25) is 5.91 Å². The molecule has 0 aromatic heterocycles. The molecule has 0 saturated carbocycles. The lowest BCUT2D eigenvalue weighted by molar-refractivity contribution is -0.133. The first-order valence-corrected chi connectivity index (χ1v) is 10.2. The molecule has 0 aromatic rings. The van der Waals surface area contributed by atoms with Crippen LogP contribution in [0.2, 0.25) is 0 Å². The van der Waals surface area contributed by atoms with E-state index in [1.807, 2.05) is 21.1 Å². The number of carbonyl (C=O) groups excluding carboxylic acids is 1. The molecule has 2 aliphatic rings. The monoisotopic (exact) mass is 366 g/mol. The van der Waals surface area contributed by atoms with Gasteiger partial charge in [0.25, 0.3) is 0 Å². The van der Waals surface area contributed by atoms with E-state index in [0.29, 0.717) is 6.04 Å². The van der Waals surface area contributed by atoms with E-state index in [-0.39, 0.29) is 11.9 Å². The van der Waals surface area contributed by atoms with Crippen LogP contribution in [0.15, 0.2) is 4.99 Å². The van der Waals surface area contributed by atoms with Crippen molar-refractivity contribution in [2.24, 2.45) is 4.99 Å². The summed E-state index contributed by atoms with van der Waals surface area (Å²) in [6.07, 6.45) is 5.70. The number of likely N-dealkylation sites (N-methyl/N-ethyl adjacent to an activating group) is 2. The van der Waals surface area contributed by atoms with Crippen molar-refractivity contribution in [3.8, 4) is 0 Å². The van der Waals surface area contributed by atoms with E-state index < -0.39 is 0 Å². The maximum absolute atomic E-state index is 12.2. The first-order valence-electron chi connectivity index (χ1n) is 10.2. The van der Waals surface area contributed by atoms with Crippen LogP contribution >= 0.6 is 0 Å². The van der Waals surface area contributed by atoms with Gasteiger partial charge >= 0.3 is 0 Å². The van der Waals surface area contributed by atoms with Crippen molar-refractivity contribution in [2.75, 3.05) is 60.4 Å². The van der Waals surface area contributed by atoms with Gasteiger partial charge in [0.15, 0.2) is 5.96 Å². The lowest BCUT2D eigenvalue weighted by atomic mass is 10.2. The standard InChI is InChI=1S/C19H38N6O/c1-5-24-12-6-9-16(24)15-22-19(20-2)21-11-8-14-25-13-7-10-17(25)18(26)23(3)4/h16-17H,5-15H2,1-4H3,(H2,20,21,22). The summed E-state index contributed by atoms with van der Waals surface area (Å²) < 4.78 is 0. The molecule has 0 radical (unpaired) electrons. The molecule has 2 heterocycles. The number of carbonyl (C=O) groups is 1. The zero-order valence-electron chi connectivity index (χ0n) is 17.1. The Bertz CT molecular complexity index is 467. The van der Waals surface area contributed by atoms with Gasteiger partial charge in [-0.1, -0.05) is 6.92 Å². The molecular weight excluding hydrogens is 328 g/mol. The Balaban J connectivity index is 1.65. The molecule has 2 rings (SSSR count). The maximum Gasteiger partial charge on any atom is 0.239 e. The predicted molar refractivity (Wildman–Crippen MR) is 108 cm³/mol. The summed E-state index contributed by atoms with van der Waals surface area (Å²) in [7, 11) is 5.52. The highest BCUT2D eigenvalue weighted by Crippen LogP contribution is 2.18. The number of guanidine groups is 1. The van der Waals surface area contributed by atoms with Crippen LogP contribution in [0.4, 0.5) is 0 Å². The molecule has 7 heteroatoms. The summed E-state index contributed by atoms with van der Waals surface area (Å²) in [5.74, 6) is 1.13. The number of aliphatic imine (C=N–C) groups is 1. The topological polar surface area (TPSA) is 63.2 Å². The Kier molecular flexibility index (Phi) is 8.65. The highest BCUT2D eigenvalue weighted by Gasteiger charge is 2.31. The van der Waals surface area contributed by atoms with Gasteiger partial charge in [0.05, 0.1) is 6.04 Å². The molecule has 0 aliphatic carbocycles. The normalized spacial score (nSPS) is 24.8. The van der Waals surface area contributed by atoms with Crippen molar-refractivity contribution in [1.29, 1.82) is 0 Å². The van der Waals surface area contributed by atoms with Gasteiger partial charge in [-0.3, -0.25) is 19.6 Å². The Morgan fingerprint density at radius 3 is 2.58 bits per heavy atom. The van der Waals surface area contributed by atoms with Crippen LogP contribution in [-0.2, 0) is 4.79 Å². The van der Waals surface area contributed by atoms with Crippen LogP contribution in [0.25, 0.3) is 0 Å². The minimum atomic E-state index is 0.0739. The SMILES string of the molecule is CCN1CCCC1CNC(=NC)NCCCN1CCCC1C(=O)N(C)C. The van der Waals surface area contributed by atoms with Crippen LogP contribution in [0.3, 0.4) is 0 Å². The van der Waals surface area contributed by atoms with Crippen molar-refractivity contribution in [3.63, 3.8) is 0 Å². The van der Waals surface area contributed by atoms with E-state index in [9.17, 15) is 4.79 Å². The zero-order valence-corrected chi connectivity index (χ0v) is 17.1. The van der Waals surface area contributed by atoms with Crippen LogP contribution in [-0.4, -0.2) is 99.1 Å². The summed E-state index contributed by atoms with van der Waals surface area (Å²) in [4.78, 5) is 23.2. The number of likely N-dealkylation sites (tertiary alicyclic amines) is 2. The number of rotatable bonds is 8. The van der Waals surface area contributed by atoms with Crippen LogP contribution in [0, 0.1) is 0 Å². The van der Waals surface area contributed by atoms with E-state index in [1.54, 1.807) is 4.90 Å². The van der Waals surface area contributed by atoms with Gasteiger partial charge in [0, 0.05) is 46.8 Å². The van der Waals surface area contributed by atoms with Crippen molar-refractivity contribution in [3.05, 3.63) is 0 Å². The Hall–Kier alpha value is -1.34. The highest BCUT2D eigenvalue weighted by atomic mass is 16.2. The smallest absolute Gasteiger partial charge is 0.239 e. The largest absolute Gasteiger partial charge is 0.356 e. The van der Waals surface area contributed by atoms with Crippen molar-refractivity contribution < 1.29 is 4.79 Å². The molecule has 1 amide bonds. The molecule has 150 valence electrons. The maximum atomic E-state index is 12.2. The molecule has 2 fully saturated rings. The Morgan fingerprint density at radius 1 is 1.15 bits per heavy atom. The van der Waals surface area contributed by atoms with Gasteiger partial charge in [-0.15, -0.1) is 0 Å². The van der Waals surface area contributed by atoms with Crippen molar-refractivity contribution in [1.82, 2.24) is 25.3 Å². The van der Waals surface area contributed by atoms with Crippen molar-refractivity contribution >= 4 is 11.9 Å². The molecule has 2 unspecified atom stereocenters. The summed E-state index contributed by atoms with van der Waals surface area (Å²) in [6.45, 7) is 8.41. The van der Waals surface area contributed by atoms with Gasteiger partial charge in [-0.25, -0.2) is 0 Å². The molecular formula is C19H38N6O. The summed E-state index contributed by atoms with van der Waals surface area (Å²) >= 11 is 0. The van der Waals surface area contributed by atoms with E-state index in [4.69, 9.17) is 0 Å². The second-order valence-corrected chi connectivity index (χ2v) is 7.58. The minimum absolute atomic E-state index is 0.0739. The fraction of sp³-hybridized carbons (Fsp3) is 0.895. The molecule has 26 heavy (non-hydrogen) atoms. The lowest BCUT2D eigenvalue weighted by Crippen LogP contribution is -2.46. The van der Waals surface area contributed by atoms with E-state index >= 15 is 0 Å². The average Bonchev–Trinajstić information content (AvgIpc) is 3.29. The second-order valence-electron chi connectivity index (χ2n) is 7.58. The molecule has 2 saturated heterocycles. The molecule has 0 bridgehead atoms. The van der Waals surface area contributed by atoms with Gasteiger partial charge in [0.1, 0.15) is 0 Å². The average molecular weight is 367 g/mol. The molecule has 2 N–H and O–H groups in total. The summed E-state index contributed by atoms with van der Waals surface area (Å²) in [5, 5.41) is 6.88. The lowest BCUT2D eigenvalue weighted by Gasteiger charge is -2.26. The third kappa shape index (κ3) is 5.84. The fourth-order valence-corrected chi connectivity index (χ4v) is 4.14. The molecule has 7 nitrogen and oxygen atoms in total. The zero-order chi connectivity index (χ0) is 18.9. The van der Waals surface area contributed by atoms with Gasteiger partial charge < -0.3 is 15.5 Å². The summed E-state index contributed by atoms with van der Waals surface area (Å²) in [6, 6.07) is 0.700. The van der Waals surface area contributed by atoms with Gasteiger partial charge in [-0.05, 0) is 51.7 Å². The van der Waals surface area contributed by atoms with E-state index in [2.05, 4.69) is 32.3 Å². The number of hydrogen-bond donors (Lipinski definition) is 2. The van der Waals surface area contributed by atoms with Crippen LogP contribution in [0.5, 0.6) is 0 Å². The third-order valence-electron chi connectivity index (χ3n) is 5.64. The number of nitrogens with one attached hydrogen (secondary N) is 2. The first-order chi connectivity index (χ1) is 12.6. The molecule has 0 spiro atoms. The molecule has 2 atom stereocenters. The van der Waals surface area contributed by atoms with E-state index in [1.165, 1.54) is 19.4 Å². The highest BCUT2D eigenvalue weighted by molar-refractivity contribution is 5.81. The third-order valence-corrected chi connectivity index (χ3v) is 5.64. The van der Waals surface area contributed by atoms with Crippen molar-refractivity contribution in [2.45, 2.75) is 51.1 Å². The van der Waals surface area contributed by atoms with Gasteiger partial charge in [-0.2, -0.15) is 0 Å². The van der Waals surface area contributed by atoms with Crippen LogP contribution in [0.1, 0.15) is 39.0 Å². The first kappa shape index (κ1) is 21.0. The van der Waals surface area contributed by atoms with Crippen LogP contribution < -0.4 is 10.6 Å². The van der Waals surface area contributed by atoms with E-state index in [0.717, 1.165) is 57.9 Å². The number of amides is 1. The Morgan fingerprint density at radius 2 is 1.88 bits per heavy atom. The minimum Gasteiger partial charge on any atom is -0.356 e. The number of hydrogen-bond acceptors (Lipinski definition) is 4. The number of nitrogens with zero attached hydrogens (tertiary/aromatic N) is 4. The fourth-order valence-electron chi connectivity index (χ4n) is 4.14. The Labute approximate surface area is 159 Å². The summed E-state index contributed by atoms with van der Waals surface area (Å²) in [5.41, 5.74) is 0.